The normalized spacial score (nSPS) is 10.2. The Morgan fingerprint density at radius 3 is 2.08 bits per heavy atom. The summed E-state index contributed by atoms with van der Waals surface area (Å²) in [5, 5.41) is 0. The SMILES string of the molecule is C=C(C)C(=O)Oc1ccc(-c2ccc(OC(=O)C(=C)C)c(F)c2)c(C)c1. The molecule has 0 spiro atoms. The van der Waals surface area contributed by atoms with Crippen molar-refractivity contribution in [3.05, 3.63) is 72.1 Å². The summed E-state index contributed by atoms with van der Waals surface area (Å²) in [5.74, 6) is -1.63. The highest BCUT2D eigenvalue weighted by molar-refractivity contribution is 5.89. The Balaban J connectivity index is 2.27. The van der Waals surface area contributed by atoms with Crippen LogP contribution < -0.4 is 9.47 Å². The molecule has 5 heteroatoms. The molecule has 26 heavy (non-hydrogen) atoms. The minimum absolute atomic E-state index is 0.161. The summed E-state index contributed by atoms with van der Waals surface area (Å²) >= 11 is 0. The predicted molar refractivity (Wildman–Crippen MR) is 97.5 cm³/mol. The number of esters is 2. The van der Waals surface area contributed by atoms with Crippen LogP contribution in [0.2, 0.25) is 0 Å². The first-order valence-corrected chi connectivity index (χ1v) is 7.85. The van der Waals surface area contributed by atoms with Crippen molar-refractivity contribution in [2.45, 2.75) is 20.8 Å². The Bertz CT molecular complexity index is 912. The Kier molecular flexibility index (Phi) is 5.72. The van der Waals surface area contributed by atoms with Crippen LogP contribution in [0.15, 0.2) is 60.7 Å². The molecule has 0 heterocycles. The largest absolute Gasteiger partial charge is 0.423 e. The van der Waals surface area contributed by atoms with Crippen molar-refractivity contribution in [2.75, 3.05) is 0 Å². The molecule has 0 atom stereocenters. The van der Waals surface area contributed by atoms with E-state index in [2.05, 4.69) is 13.2 Å². The Labute approximate surface area is 151 Å². The number of ether oxygens (including phenoxy) is 2. The van der Waals surface area contributed by atoms with Gasteiger partial charge in [-0.2, -0.15) is 0 Å². The predicted octanol–water partition coefficient (Wildman–Crippen LogP) is 4.76. The van der Waals surface area contributed by atoms with E-state index in [-0.39, 0.29) is 11.3 Å². The average Bonchev–Trinajstić information content (AvgIpc) is 2.56. The Morgan fingerprint density at radius 1 is 0.923 bits per heavy atom. The maximum atomic E-state index is 14.2. The fourth-order valence-electron chi connectivity index (χ4n) is 2.16. The van der Waals surface area contributed by atoms with Crippen LogP contribution in [0.5, 0.6) is 11.5 Å². The van der Waals surface area contributed by atoms with Crippen molar-refractivity contribution >= 4 is 11.9 Å². The minimum atomic E-state index is -0.684. The molecule has 0 fully saturated rings. The van der Waals surface area contributed by atoms with E-state index in [1.165, 1.54) is 19.1 Å². The standard InChI is InChI=1S/C21H19FO4/c1-12(2)20(23)25-16-7-8-17(14(5)10-16)15-6-9-19(18(22)11-15)26-21(24)13(3)4/h6-11H,1,3H2,2,4-5H3. The van der Waals surface area contributed by atoms with Crippen molar-refractivity contribution < 1.29 is 23.5 Å². The second-order valence-electron chi connectivity index (χ2n) is 5.96. The van der Waals surface area contributed by atoms with Gasteiger partial charge in [-0.05, 0) is 61.7 Å². The highest BCUT2D eigenvalue weighted by Gasteiger charge is 2.13. The second-order valence-corrected chi connectivity index (χ2v) is 5.96. The lowest BCUT2D eigenvalue weighted by Gasteiger charge is -2.11. The number of hydrogen-bond donors (Lipinski definition) is 0. The second kappa shape index (κ2) is 7.78. The molecule has 4 nitrogen and oxygen atoms in total. The van der Waals surface area contributed by atoms with E-state index < -0.39 is 17.8 Å². The van der Waals surface area contributed by atoms with E-state index in [4.69, 9.17) is 9.47 Å². The molecular weight excluding hydrogens is 335 g/mol. The number of benzene rings is 2. The number of rotatable bonds is 5. The zero-order valence-electron chi connectivity index (χ0n) is 14.9. The van der Waals surface area contributed by atoms with Crippen LogP contribution in [0.1, 0.15) is 19.4 Å². The summed E-state index contributed by atoms with van der Waals surface area (Å²) in [6.45, 7) is 11.9. The lowest BCUT2D eigenvalue weighted by atomic mass is 10.00. The highest BCUT2D eigenvalue weighted by Crippen LogP contribution is 2.30. The van der Waals surface area contributed by atoms with Gasteiger partial charge in [0, 0.05) is 11.1 Å². The van der Waals surface area contributed by atoms with Crippen molar-refractivity contribution in [3.8, 4) is 22.6 Å². The third kappa shape index (κ3) is 4.45. The van der Waals surface area contributed by atoms with Gasteiger partial charge in [-0.25, -0.2) is 14.0 Å². The number of carbonyl (C=O) groups is 2. The molecule has 0 radical (unpaired) electrons. The van der Waals surface area contributed by atoms with E-state index >= 15 is 0 Å². The first-order chi connectivity index (χ1) is 12.2. The molecule has 0 saturated carbocycles. The molecule has 2 rings (SSSR count). The molecular formula is C21H19FO4. The average molecular weight is 354 g/mol. The highest BCUT2D eigenvalue weighted by atomic mass is 19.1. The zero-order chi connectivity index (χ0) is 19.4. The lowest BCUT2D eigenvalue weighted by molar-refractivity contribution is -0.131. The summed E-state index contributed by atoms with van der Waals surface area (Å²) in [7, 11) is 0. The van der Waals surface area contributed by atoms with Crippen LogP contribution in [0.3, 0.4) is 0 Å². The fraction of sp³-hybridized carbons (Fsp3) is 0.143. The summed E-state index contributed by atoms with van der Waals surface area (Å²) in [4.78, 5) is 23.1. The van der Waals surface area contributed by atoms with Gasteiger partial charge in [-0.3, -0.25) is 0 Å². The molecule has 2 aromatic carbocycles. The van der Waals surface area contributed by atoms with Gasteiger partial charge < -0.3 is 9.47 Å². The monoisotopic (exact) mass is 354 g/mol. The van der Waals surface area contributed by atoms with Crippen LogP contribution in [-0.2, 0) is 9.59 Å². The Morgan fingerprint density at radius 2 is 1.54 bits per heavy atom. The summed E-state index contributed by atoms with van der Waals surface area (Å²) in [5.41, 5.74) is 2.64. The lowest BCUT2D eigenvalue weighted by Crippen LogP contribution is -2.09. The molecule has 0 amide bonds. The van der Waals surface area contributed by atoms with E-state index in [0.717, 1.165) is 11.1 Å². The van der Waals surface area contributed by atoms with Gasteiger partial charge in [0.05, 0.1) is 0 Å². The molecule has 0 N–H and O–H groups in total. The van der Waals surface area contributed by atoms with Crippen molar-refractivity contribution in [3.63, 3.8) is 0 Å². The van der Waals surface area contributed by atoms with Crippen LogP contribution in [0, 0.1) is 12.7 Å². The van der Waals surface area contributed by atoms with Gasteiger partial charge in [-0.1, -0.05) is 25.3 Å². The first kappa shape index (κ1) is 19.1. The molecule has 0 aromatic heterocycles. The number of halogens is 1. The van der Waals surface area contributed by atoms with Gasteiger partial charge in [0.1, 0.15) is 5.75 Å². The fourth-order valence-corrected chi connectivity index (χ4v) is 2.16. The molecule has 134 valence electrons. The maximum Gasteiger partial charge on any atom is 0.338 e. The quantitative estimate of drug-likeness (QED) is 0.441. The summed E-state index contributed by atoms with van der Waals surface area (Å²) in [6.07, 6.45) is 0. The van der Waals surface area contributed by atoms with E-state index in [9.17, 15) is 14.0 Å². The topological polar surface area (TPSA) is 52.6 Å². The van der Waals surface area contributed by atoms with E-state index in [1.807, 2.05) is 6.92 Å². The van der Waals surface area contributed by atoms with Gasteiger partial charge in [-0.15, -0.1) is 0 Å². The van der Waals surface area contributed by atoms with Crippen molar-refractivity contribution in [1.29, 1.82) is 0 Å². The van der Waals surface area contributed by atoms with Gasteiger partial charge in [0.15, 0.2) is 11.6 Å². The minimum Gasteiger partial charge on any atom is -0.423 e. The zero-order valence-corrected chi connectivity index (χ0v) is 14.9. The molecule has 0 aliphatic carbocycles. The van der Waals surface area contributed by atoms with Gasteiger partial charge >= 0.3 is 11.9 Å². The first-order valence-electron chi connectivity index (χ1n) is 7.85. The smallest absolute Gasteiger partial charge is 0.338 e. The molecule has 0 aliphatic rings. The molecule has 0 unspecified atom stereocenters. The van der Waals surface area contributed by atoms with Crippen LogP contribution in [0.25, 0.3) is 11.1 Å². The van der Waals surface area contributed by atoms with Crippen molar-refractivity contribution in [2.24, 2.45) is 0 Å². The Hall–Kier alpha value is -3.21. The van der Waals surface area contributed by atoms with Gasteiger partial charge in [0.2, 0.25) is 0 Å². The third-order valence-corrected chi connectivity index (χ3v) is 3.55. The molecule has 0 bridgehead atoms. The third-order valence-electron chi connectivity index (χ3n) is 3.55. The number of hydrogen-bond acceptors (Lipinski definition) is 4. The molecule has 2 aromatic rings. The molecule has 0 aliphatic heterocycles. The molecule has 0 saturated heterocycles. The van der Waals surface area contributed by atoms with Crippen LogP contribution in [0.4, 0.5) is 4.39 Å². The summed E-state index contributed by atoms with van der Waals surface area (Å²) < 4.78 is 24.4. The van der Waals surface area contributed by atoms with E-state index in [1.54, 1.807) is 31.2 Å². The van der Waals surface area contributed by atoms with Crippen LogP contribution in [-0.4, -0.2) is 11.9 Å². The van der Waals surface area contributed by atoms with Gasteiger partial charge in [0.25, 0.3) is 0 Å². The van der Waals surface area contributed by atoms with Crippen molar-refractivity contribution in [1.82, 2.24) is 0 Å². The van der Waals surface area contributed by atoms with E-state index in [0.29, 0.717) is 16.9 Å². The van der Waals surface area contributed by atoms with Crippen LogP contribution >= 0.6 is 0 Å². The number of aryl methyl sites for hydroxylation is 1. The maximum absolute atomic E-state index is 14.2. The summed E-state index contributed by atoms with van der Waals surface area (Å²) in [6, 6.07) is 9.35. The number of carbonyl (C=O) groups excluding carboxylic acids is 2.